The molecule has 12 rings (SSSR count). The second kappa shape index (κ2) is 12.8. The fourth-order valence-electron chi connectivity index (χ4n) is 8.20. The number of nitrogens with zero attached hydrogens (tertiary/aromatic N) is 4. The molecule has 0 atom stereocenters. The molecule has 0 saturated heterocycles. The van der Waals surface area contributed by atoms with Gasteiger partial charge in [0.25, 0.3) is 0 Å². The third-order valence-electron chi connectivity index (χ3n) is 10.9. The Morgan fingerprint density at radius 2 is 0.793 bits per heavy atom. The van der Waals surface area contributed by atoms with Crippen LogP contribution in [-0.4, -0.2) is 15.0 Å². The van der Waals surface area contributed by atoms with E-state index in [1.807, 2.05) is 109 Å². The van der Waals surface area contributed by atoms with Gasteiger partial charge >= 0.3 is 0 Å². The minimum absolute atomic E-state index is 0.568. The summed E-state index contributed by atoms with van der Waals surface area (Å²) in [5.74, 6) is 1.78. The van der Waals surface area contributed by atoms with E-state index in [1.54, 1.807) is 0 Å². The van der Waals surface area contributed by atoms with Gasteiger partial charge in [0, 0.05) is 55.0 Å². The summed E-state index contributed by atoms with van der Waals surface area (Å²) < 4.78 is 19.2. The van der Waals surface area contributed by atoms with Gasteiger partial charge in [0.05, 0.1) is 11.1 Å². The van der Waals surface area contributed by atoms with Crippen LogP contribution in [0.2, 0.25) is 0 Å². The zero-order valence-electron chi connectivity index (χ0n) is 30.8. The van der Waals surface area contributed by atoms with Crippen LogP contribution in [0.3, 0.4) is 0 Å². The van der Waals surface area contributed by atoms with Crippen molar-refractivity contribution in [1.29, 1.82) is 0 Å². The molecule has 7 nitrogen and oxygen atoms in total. The van der Waals surface area contributed by atoms with Crippen LogP contribution in [-0.2, 0) is 0 Å². The van der Waals surface area contributed by atoms with Gasteiger partial charge in [0.2, 0.25) is 0 Å². The predicted octanol–water partition coefficient (Wildman–Crippen LogP) is 14.0. The maximum Gasteiger partial charge on any atom is 0.164 e. The normalized spacial score (nSPS) is 11.8. The molecule has 0 unspecified atom stereocenters. The van der Waals surface area contributed by atoms with E-state index >= 15 is 0 Å². The molecule has 7 heteroatoms. The minimum atomic E-state index is 0.568. The summed E-state index contributed by atoms with van der Waals surface area (Å²) in [5, 5.41) is 6.19. The van der Waals surface area contributed by atoms with Crippen LogP contribution in [0.4, 0.5) is 17.1 Å². The zero-order chi connectivity index (χ0) is 38.2. The van der Waals surface area contributed by atoms with E-state index in [0.29, 0.717) is 17.5 Å². The van der Waals surface area contributed by atoms with Gasteiger partial charge in [0.15, 0.2) is 17.5 Å². The Kier molecular flexibility index (Phi) is 7.09. The number of hydrogen-bond donors (Lipinski definition) is 0. The quantitative estimate of drug-likeness (QED) is 0.168. The van der Waals surface area contributed by atoms with Gasteiger partial charge < -0.3 is 18.2 Å². The second-order valence-corrected chi connectivity index (χ2v) is 14.4. The maximum absolute atomic E-state index is 6.71. The van der Waals surface area contributed by atoms with Gasteiger partial charge in [-0.05, 0) is 72.8 Å². The summed E-state index contributed by atoms with van der Waals surface area (Å²) in [6.07, 6.45) is 0. The van der Waals surface area contributed by atoms with Crippen molar-refractivity contribution in [1.82, 2.24) is 15.0 Å². The lowest BCUT2D eigenvalue weighted by Crippen LogP contribution is -2.10. The zero-order valence-corrected chi connectivity index (χ0v) is 30.8. The van der Waals surface area contributed by atoms with Crippen LogP contribution in [0.25, 0.3) is 100.0 Å². The SMILES string of the molecule is c1ccc(-c2nc(-c3ccccc3)nc(-c3ccc4c(c3)oc3cccc(N(c5ccc6oc7ccccc7c6c5)c5ccc6oc7ccccc7c6c5)c34)n2)cc1. The van der Waals surface area contributed by atoms with Crippen molar-refractivity contribution >= 4 is 82.9 Å². The Morgan fingerprint density at radius 3 is 1.38 bits per heavy atom. The number of benzene rings is 8. The average molecular weight is 747 g/mol. The van der Waals surface area contributed by atoms with E-state index in [-0.39, 0.29) is 0 Å². The molecule has 272 valence electrons. The van der Waals surface area contributed by atoms with E-state index in [0.717, 1.165) is 99.6 Å². The van der Waals surface area contributed by atoms with Gasteiger partial charge in [-0.15, -0.1) is 0 Å². The molecule has 0 radical (unpaired) electrons. The van der Waals surface area contributed by atoms with Crippen LogP contribution >= 0.6 is 0 Å². The summed E-state index contributed by atoms with van der Waals surface area (Å²) >= 11 is 0. The molecular formula is C51H30N4O3. The third kappa shape index (κ3) is 5.18. The van der Waals surface area contributed by atoms with Crippen molar-refractivity contribution < 1.29 is 13.3 Å². The van der Waals surface area contributed by atoms with Gasteiger partial charge in [-0.3, -0.25) is 0 Å². The summed E-state index contributed by atoms with van der Waals surface area (Å²) in [6, 6.07) is 61.6. The first-order valence-corrected chi connectivity index (χ1v) is 19.2. The van der Waals surface area contributed by atoms with Gasteiger partial charge in [-0.25, -0.2) is 15.0 Å². The van der Waals surface area contributed by atoms with Crippen LogP contribution in [0, 0.1) is 0 Å². The molecule has 0 N–H and O–H groups in total. The van der Waals surface area contributed by atoms with Crippen molar-refractivity contribution in [3.8, 4) is 34.2 Å². The van der Waals surface area contributed by atoms with E-state index in [2.05, 4.69) is 77.7 Å². The molecule has 0 fully saturated rings. The van der Waals surface area contributed by atoms with E-state index in [1.165, 1.54) is 0 Å². The maximum atomic E-state index is 6.71. The first kappa shape index (κ1) is 32.2. The van der Waals surface area contributed by atoms with Crippen LogP contribution in [0.15, 0.2) is 195 Å². The number of para-hydroxylation sites is 2. The topological polar surface area (TPSA) is 81.3 Å². The van der Waals surface area contributed by atoms with Gasteiger partial charge in [-0.1, -0.05) is 109 Å². The largest absolute Gasteiger partial charge is 0.456 e. The summed E-state index contributed by atoms with van der Waals surface area (Å²) in [6.45, 7) is 0. The van der Waals surface area contributed by atoms with Crippen molar-refractivity contribution in [3.63, 3.8) is 0 Å². The highest BCUT2D eigenvalue weighted by molar-refractivity contribution is 6.15. The predicted molar refractivity (Wildman–Crippen MR) is 233 cm³/mol. The Hall–Kier alpha value is -8.03. The fraction of sp³-hybridized carbons (Fsp3) is 0. The van der Waals surface area contributed by atoms with E-state index in [4.69, 9.17) is 28.2 Å². The standard InChI is InChI=1S/C51H30N4O3/c1-3-12-31(13-4-1)49-52-50(32-14-5-2-6-15-32)54-51(53-49)33-22-25-38-47(28-33)58-46-21-11-18-41(48(38)46)55(34-23-26-44-39(29-34)36-16-7-9-19-42(36)56-44)35-24-27-45-40(30-35)37-17-8-10-20-43(37)57-45/h1-30H. The van der Waals surface area contributed by atoms with Crippen molar-refractivity contribution in [3.05, 3.63) is 182 Å². The average Bonchev–Trinajstić information content (AvgIpc) is 3.98. The van der Waals surface area contributed by atoms with E-state index < -0.39 is 0 Å². The Labute approximate surface area is 331 Å². The number of anilines is 3. The Bertz CT molecular complexity index is 3360. The summed E-state index contributed by atoms with van der Waals surface area (Å²) in [7, 11) is 0. The fourth-order valence-corrected chi connectivity index (χ4v) is 8.20. The minimum Gasteiger partial charge on any atom is -0.456 e. The number of furan rings is 3. The summed E-state index contributed by atoms with van der Waals surface area (Å²) in [4.78, 5) is 17.2. The Balaban J connectivity index is 1.06. The molecule has 8 aromatic carbocycles. The number of aromatic nitrogens is 3. The van der Waals surface area contributed by atoms with Crippen LogP contribution < -0.4 is 4.90 Å². The molecule has 0 saturated carbocycles. The number of fused-ring (bicyclic) bond motifs is 9. The van der Waals surface area contributed by atoms with Gasteiger partial charge in [0.1, 0.15) is 33.5 Å². The molecule has 0 aliphatic heterocycles. The molecule has 0 bridgehead atoms. The molecular weight excluding hydrogens is 717 g/mol. The number of rotatable bonds is 6. The van der Waals surface area contributed by atoms with E-state index in [9.17, 15) is 0 Å². The molecule has 58 heavy (non-hydrogen) atoms. The third-order valence-corrected chi connectivity index (χ3v) is 10.9. The highest BCUT2D eigenvalue weighted by Gasteiger charge is 2.23. The second-order valence-electron chi connectivity index (χ2n) is 14.4. The smallest absolute Gasteiger partial charge is 0.164 e. The molecule has 0 amide bonds. The van der Waals surface area contributed by atoms with Crippen molar-refractivity contribution in [2.45, 2.75) is 0 Å². The van der Waals surface area contributed by atoms with Crippen LogP contribution in [0.5, 0.6) is 0 Å². The Morgan fingerprint density at radius 1 is 0.310 bits per heavy atom. The first-order valence-electron chi connectivity index (χ1n) is 19.2. The molecule has 4 aromatic heterocycles. The molecule has 12 aromatic rings. The van der Waals surface area contributed by atoms with Crippen molar-refractivity contribution in [2.24, 2.45) is 0 Å². The molecule has 0 aliphatic carbocycles. The lowest BCUT2D eigenvalue weighted by Gasteiger charge is -2.26. The highest BCUT2D eigenvalue weighted by Crippen LogP contribution is 2.46. The molecule has 0 spiro atoms. The molecule has 0 aliphatic rings. The monoisotopic (exact) mass is 746 g/mol. The number of hydrogen-bond acceptors (Lipinski definition) is 7. The first-order chi connectivity index (χ1) is 28.7. The highest BCUT2D eigenvalue weighted by atomic mass is 16.3. The summed E-state index contributed by atoms with van der Waals surface area (Å²) in [5.41, 5.74) is 10.5. The lowest BCUT2D eigenvalue weighted by atomic mass is 10.0. The molecule has 4 heterocycles. The lowest BCUT2D eigenvalue weighted by molar-refractivity contribution is 0.668. The van der Waals surface area contributed by atoms with Crippen molar-refractivity contribution in [2.75, 3.05) is 4.90 Å². The van der Waals surface area contributed by atoms with Crippen LogP contribution in [0.1, 0.15) is 0 Å². The van der Waals surface area contributed by atoms with Gasteiger partial charge in [-0.2, -0.15) is 0 Å².